The Kier molecular flexibility index (Phi) is 4.34. The van der Waals surface area contributed by atoms with Crippen molar-refractivity contribution in [2.45, 2.75) is 38.6 Å². The summed E-state index contributed by atoms with van der Waals surface area (Å²) in [6, 6.07) is 6.52. The monoisotopic (exact) mass is 292 g/mol. The molecule has 0 amide bonds. The van der Waals surface area contributed by atoms with E-state index in [4.69, 9.17) is 17.3 Å². The highest BCUT2D eigenvalue weighted by Crippen LogP contribution is 2.49. The van der Waals surface area contributed by atoms with Crippen LogP contribution in [0.25, 0.3) is 0 Å². The molecule has 0 heterocycles. The van der Waals surface area contributed by atoms with Crippen LogP contribution in [0.3, 0.4) is 0 Å². The minimum absolute atomic E-state index is 0.230. The molecule has 0 saturated heterocycles. The molecule has 1 unspecified atom stereocenters. The highest BCUT2D eigenvalue weighted by Gasteiger charge is 2.41. The van der Waals surface area contributed by atoms with Crippen LogP contribution in [-0.4, -0.2) is 13.1 Å². The Hall–Kier alpha value is -0.570. The maximum atomic E-state index is 6.23. The molecule has 2 saturated carbocycles. The fourth-order valence-corrected chi connectivity index (χ4v) is 3.40. The molecule has 2 nitrogen and oxygen atoms in total. The molecule has 0 bridgehead atoms. The maximum absolute atomic E-state index is 6.23. The first kappa shape index (κ1) is 14.4. The van der Waals surface area contributed by atoms with Gasteiger partial charge < -0.3 is 11.1 Å². The van der Waals surface area contributed by atoms with Crippen molar-refractivity contribution in [2.75, 3.05) is 13.1 Å². The van der Waals surface area contributed by atoms with E-state index >= 15 is 0 Å². The molecule has 0 radical (unpaired) electrons. The van der Waals surface area contributed by atoms with Gasteiger partial charge in [0, 0.05) is 17.6 Å². The van der Waals surface area contributed by atoms with Gasteiger partial charge in [0.15, 0.2) is 0 Å². The lowest BCUT2D eigenvalue weighted by Gasteiger charge is -2.23. The van der Waals surface area contributed by atoms with Crippen LogP contribution < -0.4 is 11.1 Å². The third kappa shape index (κ3) is 3.36. The number of rotatable bonds is 7. The van der Waals surface area contributed by atoms with Crippen LogP contribution in [-0.2, 0) is 0 Å². The molecule has 3 heteroatoms. The van der Waals surface area contributed by atoms with Gasteiger partial charge in [0.25, 0.3) is 0 Å². The molecule has 2 aliphatic carbocycles. The highest BCUT2D eigenvalue weighted by atomic mass is 35.5. The number of halogens is 1. The smallest absolute Gasteiger partial charge is 0.0445 e. The summed E-state index contributed by atoms with van der Waals surface area (Å²) < 4.78 is 0. The van der Waals surface area contributed by atoms with Crippen molar-refractivity contribution in [1.82, 2.24) is 5.32 Å². The molecular weight excluding hydrogens is 268 g/mol. The van der Waals surface area contributed by atoms with Crippen molar-refractivity contribution in [3.05, 3.63) is 34.3 Å². The average Bonchev–Trinajstić information content (AvgIpc) is 3.31. The van der Waals surface area contributed by atoms with Crippen LogP contribution in [0.1, 0.15) is 42.9 Å². The summed E-state index contributed by atoms with van der Waals surface area (Å²) in [5.74, 6) is 2.84. The maximum Gasteiger partial charge on any atom is 0.0445 e. The van der Waals surface area contributed by atoms with Crippen LogP contribution in [0.4, 0.5) is 0 Å². The van der Waals surface area contributed by atoms with Gasteiger partial charge in [0.05, 0.1) is 0 Å². The fourth-order valence-electron chi connectivity index (χ4n) is 3.21. The van der Waals surface area contributed by atoms with E-state index in [1.807, 2.05) is 6.92 Å². The quantitative estimate of drug-likeness (QED) is 0.805. The van der Waals surface area contributed by atoms with Gasteiger partial charge >= 0.3 is 0 Å². The molecule has 1 atom stereocenters. The van der Waals surface area contributed by atoms with E-state index in [9.17, 15) is 0 Å². The van der Waals surface area contributed by atoms with Gasteiger partial charge in [-0.3, -0.25) is 0 Å². The minimum Gasteiger partial charge on any atom is -0.329 e. The highest BCUT2D eigenvalue weighted by molar-refractivity contribution is 6.31. The molecular formula is C17H25ClN2. The van der Waals surface area contributed by atoms with Crippen molar-refractivity contribution >= 4 is 11.6 Å². The van der Waals surface area contributed by atoms with E-state index in [1.165, 1.54) is 31.2 Å². The molecule has 0 aromatic heterocycles. The van der Waals surface area contributed by atoms with Gasteiger partial charge in [-0.05, 0) is 74.1 Å². The molecule has 20 heavy (non-hydrogen) atoms. The van der Waals surface area contributed by atoms with E-state index in [0.29, 0.717) is 6.54 Å². The van der Waals surface area contributed by atoms with E-state index < -0.39 is 0 Å². The number of hydrogen-bond donors (Lipinski definition) is 2. The summed E-state index contributed by atoms with van der Waals surface area (Å²) in [5.41, 5.74) is 8.30. The molecule has 1 aromatic carbocycles. The summed E-state index contributed by atoms with van der Waals surface area (Å²) in [4.78, 5) is 0. The second kappa shape index (κ2) is 6.05. The Bertz CT molecular complexity index is 454. The molecule has 2 fully saturated rings. The zero-order valence-electron chi connectivity index (χ0n) is 12.2. The zero-order valence-corrected chi connectivity index (χ0v) is 13.0. The lowest BCUT2D eigenvalue weighted by atomic mass is 9.96. The summed E-state index contributed by atoms with van der Waals surface area (Å²) in [5, 5.41) is 4.53. The van der Waals surface area contributed by atoms with E-state index in [-0.39, 0.29) is 6.04 Å². The largest absolute Gasteiger partial charge is 0.329 e. The lowest BCUT2D eigenvalue weighted by Crippen LogP contribution is -2.33. The number of hydrogen-bond acceptors (Lipinski definition) is 2. The summed E-state index contributed by atoms with van der Waals surface area (Å²) in [7, 11) is 0. The van der Waals surface area contributed by atoms with Crippen LogP contribution in [0, 0.1) is 24.7 Å². The first-order valence-corrected chi connectivity index (χ1v) is 8.26. The van der Waals surface area contributed by atoms with Crippen LogP contribution >= 0.6 is 11.6 Å². The van der Waals surface area contributed by atoms with Gasteiger partial charge in [-0.15, -0.1) is 0 Å². The Labute approximate surface area is 127 Å². The zero-order chi connectivity index (χ0) is 14.1. The van der Waals surface area contributed by atoms with Crippen molar-refractivity contribution in [3.8, 4) is 0 Å². The number of benzene rings is 1. The predicted molar refractivity (Wildman–Crippen MR) is 84.9 cm³/mol. The van der Waals surface area contributed by atoms with Crippen molar-refractivity contribution in [3.63, 3.8) is 0 Å². The van der Waals surface area contributed by atoms with E-state index in [0.717, 1.165) is 34.9 Å². The summed E-state index contributed by atoms with van der Waals surface area (Å²) in [6.45, 7) is 3.78. The van der Waals surface area contributed by atoms with Gasteiger partial charge in [-0.2, -0.15) is 0 Å². The lowest BCUT2D eigenvalue weighted by molar-refractivity contribution is 0.357. The van der Waals surface area contributed by atoms with Crippen molar-refractivity contribution < 1.29 is 0 Å². The molecule has 1 aromatic rings. The van der Waals surface area contributed by atoms with Crippen molar-refractivity contribution in [2.24, 2.45) is 23.5 Å². The molecule has 0 aliphatic heterocycles. The second-order valence-corrected chi connectivity index (χ2v) is 6.95. The number of nitrogens with one attached hydrogen (secondary N) is 1. The third-order valence-corrected chi connectivity index (χ3v) is 5.30. The van der Waals surface area contributed by atoms with Gasteiger partial charge in [0.2, 0.25) is 0 Å². The number of aryl methyl sites for hydroxylation is 1. The van der Waals surface area contributed by atoms with E-state index in [1.54, 1.807) is 0 Å². The number of nitrogens with two attached hydrogens (primary N) is 1. The Morgan fingerprint density at radius 3 is 2.40 bits per heavy atom. The molecule has 3 rings (SSSR count). The van der Waals surface area contributed by atoms with Gasteiger partial charge in [0.1, 0.15) is 0 Å². The third-order valence-electron chi connectivity index (χ3n) is 4.89. The molecule has 2 aliphatic rings. The first-order valence-electron chi connectivity index (χ1n) is 7.88. The summed E-state index contributed by atoms with van der Waals surface area (Å²) >= 11 is 6.23. The molecule has 110 valence electrons. The Morgan fingerprint density at radius 2 is 1.90 bits per heavy atom. The van der Waals surface area contributed by atoms with Crippen LogP contribution in [0.5, 0.6) is 0 Å². The molecule has 3 N–H and O–H groups in total. The SMILES string of the molecule is Cc1ccc(C(CN)NCC(C2CC2)C2CC2)cc1Cl. The standard InChI is InChI=1S/C17H25ClN2/c1-11-2-3-14(8-16(11)18)17(9-19)20-10-15(12-4-5-12)13-6-7-13/h2-3,8,12-13,15,17,20H,4-7,9-10,19H2,1H3. The Balaban J connectivity index is 1.62. The van der Waals surface area contributed by atoms with Crippen LogP contribution in [0.2, 0.25) is 5.02 Å². The average molecular weight is 293 g/mol. The normalized spacial score (nSPS) is 20.4. The van der Waals surface area contributed by atoms with Gasteiger partial charge in [-0.25, -0.2) is 0 Å². The van der Waals surface area contributed by atoms with Crippen LogP contribution in [0.15, 0.2) is 18.2 Å². The first-order chi connectivity index (χ1) is 9.69. The minimum atomic E-state index is 0.230. The summed E-state index contributed by atoms with van der Waals surface area (Å²) in [6.07, 6.45) is 5.75. The van der Waals surface area contributed by atoms with Crippen molar-refractivity contribution in [1.29, 1.82) is 0 Å². The van der Waals surface area contributed by atoms with Gasteiger partial charge in [-0.1, -0.05) is 23.7 Å². The second-order valence-electron chi connectivity index (χ2n) is 6.54. The molecule has 0 spiro atoms. The topological polar surface area (TPSA) is 38.0 Å². The predicted octanol–water partition coefficient (Wildman–Crippen LogP) is 3.67. The Morgan fingerprint density at radius 1 is 1.25 bits per heavy atom. The van der Waals surface area contributed by atoms with E-state index in [2.05, 4.69) is 23.5 Å². The fraction of sp³-hybridized carbons (Fsp3) is 0.647.